The largest absolute Gasteiger partial charge is 0.497 e. The van der Waals surface area contributed by atoms with Crippen LogP contribution in [-0.2, 0) is 11.8 Å². The third-order valence-electron chi connectivity index (χ3n) is 4.96. The molecular weight excluding hydrogens is 424 g/mol. The monoisotopic (exact) mass is 454 g/mol. The van der Waals surface area contributed by atoms with Crippen molar-refractivity contribution in [1.29, 1.82) is 0 Å². The number of anilines is 3. The molecule has 0 aliphatic heterocycles. The highest BCUT2D eigenvalue weighted by atomic mass is 16.5. The Hall–Kier alpha value is -3.63. The fourth-order valence-electron chi connectivity index (χ4n) is 3.26. The Labute approximate surface area is 193 Å². The van der Waals surface area contributed by atoms with E-state index in [0.717, 1.165) is 17.0 Å². The van der Waals surface area contributed by atoms with Crippen molar-refractivity contribution in [1.82, 2.24) is 14.8 Å². The fraction of sp³-hybridized carbons (Fsp3) is 0.348. The Kier molecular flexibility index (Phi) is 7.86. The number of aliphatic imine (C=N–C) groups is 1. The minimum absolute atomic E-state index is 0.164. The second-order valence-electron chi connectivity index (χ2n) is 7.47. The van der Waals surface area contributed by atoms with Gasteiger partial charge >= 0.3 is 0 Å². The predicted octanol–water partition coefficient (Wildman–Crippen LogP) is 2.70. The van der Waals surface area contributed by atoms with E-state index in [0.29, 0.717) is 28.8 Å². The van der Waals surface area contributed by atoms with Crippen LogP contribution >= 0.6 is 0 Å². The van der Waals surface area contributed by atoms with Gasteiger partial charge in [-0.25, -0.2) is 9.98 Å². The molecule has 0 aliphatic carbocycles. The highest BCUT2D eigenvalue weighted by molar-refractivity contribution is 6.00. The number of benzene rings is 1. The first-order valence-electron chi connectivity index (χ1n) is 10.3. The lowest BCUT2D eigenvalue weighted by molar-refractivity contribution is 0.0701. The number of ether oxygens (including phenoxy) is 3. The Morgan fingerprint density at radius 3 is 2.45 bits per heavy atom. The van der Waals surface area contributed by atoms with E-state index in [2.05, 4.69) is 10.1 Å². The quantitative estimate of drug-likeness (QED) is 0.449. The minimum atomic E-state index is -0.768. The van der Waals surface area contributed by atoms with E-state index >= 15 is 0 Å². The van der Waals surface area contributed by atoms with E-state index < -0.39 is 6.10 Å². The molecule has 10 nitrogen and oxygen atoms in total. The molecule has 176 valence electrons. The number of methoxy groups -OCH3 is 3. The van der Waals surface area contributed by atoms with Gasteiger partial charge in [0, 0.05) is 49.8 Å². The normalized spacial score (nSPS) is 12.5. The molecule has 3 aromatic rings. The molecule has 2 aromatic heterocycles. The van der Waals surface area contributed by atoms with Crippen molar-refractivity contribution in [2.24, 2.45) is 12.0 Å². The Morgan fingerprint density at radius 1 is 1.18 bits per heavy atom. The summed E-state index contributed by atoms with van der Waals surface area (Å²) in [4.78, 5) is 11.2. The number of nitrogen functional groups attached to an aromatic ring is 1. The molecule has 10 heteroatoms. The van der Waals surface area contributed by atoms with E-state index in [1.165, 1.54) is 7.11 Å². The van der Waals surface area contributed by atoms with Crippen LogP contribution in [0.3, 0.4) is 0 Å². The third-order valence-corrected chi connectivity index (χ3v) is 4.96. The number of nitrogens with zero attached hydrogens (tertiary/aromatic N) is 5. The molecule has 0 aliphatic rings. The van der Waals surface area contributed by atoms with Gasteiger partial charge in [0.2, 0.25) is 0 Å². The maximum atomic E-state index is 10.5. The molecule has 0 fully saturated rings. The van der Waals surface area contributed by atoms with Crippen molar-refractivity contribution < 1.29 is 19.3 Å². The standard InChI is InChI=1S/C23H30N6O4/c1-15(16-11-25-28(2)12-16)26-23-21(24)6-7-22(27-23)29(13-18(30)14-31-3)17-8-19(32-4)10-20(9-17)33-5/h6-12,18,30H,13-14,24H2,1-5H3/b26-15+. The van der Waals surface area contributed by atoms with Gasteiger partial charge in [-0.15, -0.1) is 0 Å². The average Bonchev–Trinajstić information content (AvgIpc) is 3.25. The summed E-state index contributed by atoms with van der Waals surface area (Å²) in [5.74, 6) is 2.13. The molecule has 1 atom stereocenters. The Bertz CT molecular complexity index is 1090. The van der Waals surface area contributed by atoms with Crippen LogP contribution in [0.4, 0.5) is 23.0 Å². The van der Waals surface area contributed by atoms with Gasteiger partial charge in [0.05, 0.1) is 51.1 Å². The lowest BCUT2D eigenvalue weighted by Gasteiger charge is -2.27. The highest BCUT2D eigenvalue weighted by Gasteiger charge is 2.19. The number of nitrogens with two attached hydrogens (primary N) is 1. The van der Waals surface area contributed by atoms with Crippen LogP contribution in [0.5, 0.6) is 11.5 Å². The van der Waals surface area contributed by atoms with E-state index in [-0.39, 0.29) is 13.2 Å². The molecular formula is C23H30N6O4. The maximum Gasteiger partial charge on any atom is 0.177 e. The second kappa shape index (κ2) is 10.8. The van der Waals surface area contributed by atoms with Gasteiger partial charge in [0.15, 0.2) is 5.82 Å². The molecule has 33 heavy (non-hydrogen) atoms. The van der Waals surface area contributed by atoms with Gasteiger partial charge in [-0.1, -0.05) is 0 Å². The van der Waals surface area contributed by atoms with Crippen LogP contribution in [0, 0.1) is 0 Å². The van der Waals surface area contributed by atoms with Gasteiger partial charge in [-0.3, -0.25) is 4.68 Å². The zero-order valence-corrected chi connectivity index (χ0v) is 19.5. The second-order valence-corrected chi connectivity index (χ2v) is 7.47. The van der Waals surface area contributed by atoms with Crippen molar-refractivity contribution >= 4 is 28.7 Å². The third kappa shape index (κ3) is 5.99. The number of hydrogen-bond acceptors (Lipinski definition) is 9. The van der Waals surface area contributed by atoms with E-state index in [1.807, 2.05) is 37.2 Å². The molecule has 3 N–H and O–H groups in total. The number of aryl methyl sites for hydroxylation is 1. The lowest BCUT2D eigenvalue weighted by atomic mass is 10.2. The van der Waals surface area contributed by atoms with Crippen LogP contribution < -0.4 is 20.1 Å². The fourth-order valence-corrected chi connectivity index (χ4v) is 3.26. The van der Waals surface area contributed by atoms with Crippen molar-refractivity contribution in [3.05, 3.63) is 48.3 Å². The minimum Gasteiger partial charge on any atom is -0.497 e. The summed E-state index contributed by atoms with van der Waals surface area (Å²) < 4.78 is 17.7. The van der Waals surface area contributed by atoms with E-state index in [9.17, 15) is 5.11 Å². The van der Waals surface area contributed by atoms with Crippen LogP contribution in [-0.4, -0.2) is 66.2 Å². The van der Waals surface area contributed by atoms with Gasteiger partial charge in [0.25, 0.3) is 0 Å². The van der Waals surface area contributed by atoms with Crippen molar-refractivity contribution in [3.8, 4) is 11.5 Å². The zero-order valence-electron chi connectivity index (χ0n) is 19.5. The lowest BCUT2D eigenvalue weighted by Crippen LogP contribution is -2.32. The van der Waals surface area contributed by atoms with Gasteiger partial charge in [-0.05, 0) is 19.1 Å². The zero-order chi connectivity index (χ0) is 24.0. The van der Waals surface area contributed by atoms with Crippen LogP contribution in [0.2, 0.25) is 0 Å². The number of hydrogen-bond donors (Lipinski definition) is 2. The average molecular weight is 455 g/mol. The maximum absolute atomic E-state index is 10.5. The number of aliphatic hydroxyl groups excluding tert-OH is 1. The summed E-state index contributed by atoms with van der Waals surface area (Å²) in [5.41, 5.74) is 8.93. The van der Waals surface area contributed by atoms with Crippen molar-refractivity contribution in [3.63, 3.8) is 0 Å². The van der Waals surface area contributed by atoms with Crippen molar-refractivity contribution in [2.45, 2.75) is 13.0 Å². The van der Waals surface area contributed by atoms with E-state index in [1.54, 1.807) is 43.3 Å². The first-order valence-corrected chi connectivity index (χ1v) is 10.3. The molecule has 0 bridgehead atoms. The number of aromatic nitrogens is 3. The number of pyridine rings is 1. The smallest absolute Gasteiger partial charge is 0.177 e. The molecule has 0 amide bonds. The highest BCUT2D eigenvalue weighted by Crippen LogP contribution is 2.34. The van der Waals surface area contributed by atoms with E-state index in [4.69, 9.17) is 24.9 Å². The topological polar surface area (TPSA) is 120 Å². The first kappa shape index (κ1) is 24.0. The molecule has 0 saturated carbocycles. The first-order chi connectivity index (χ1) is 15.8. The van der Waals surface area contributed by atoms with Crippen molar-refractivity contribution in [2.75, 3.05) is 45.1 Å². The van der Waals surface area contributed by atoms with Crippen LogP contribution in [0.25, 0.3) is 0 Å². The molecule has 0 spiro atoms. The molecule has 3 rings (SSSR count). The van der Waals surface area contributed by atoms with Crippen LogP contribution in [0.1, 0.15) is 12.5 Å². The molecule has 1 unspecified atom stereocenters. The molecule has 2 heterocycles. The Balaban J connectivity index is 2.06. The van der Waals surface area contributed by atoms with Gasteiger partial charge in [0.1, 0.15) is 17.3 Å². The Morgan fingerprint density at radius 2 is 1.88 bits per heavy atom. The summed E-state index contributed by atoms with van der Waals surface area (Å²) in [6, 6.07) is 8.97. The molecule has 1 aromatic carbocycles. The predicted molar refractivity (Wildman–Crippen MR) is 128 cm³/mol. The summed E-state index contributed by atoms with van der Waals surface area (Å²) in [5, 5.41) is 14.7. The summed E-state index contributed by atoms with van der Waals surface area (Å²) in [7, 11) is 6.55. The number of aliphatic hydroxyl groups is 1. The van der Waals surface area contributed by atoms with Crippen LogP contribution in [0.15, 0.2) is 47.7 Å². The SMILES string of the molecule is COCC(O)CN(c1cc(OC)cc(OC)c1)c1ccc(N)c(/N=C(\C)c2cnn(C)c2)n1. The molecule has 0 saturated heterocycles. The summed E-state index contributed by atoms with van der Waals surface area (Å²) in [6.07, 6.45) is 2.83. The summed E-state index contributed by atoms with van der Waals surface area (Å²) >= 11 is 0. The van der Waals surface area contributed by atoms with Gasteiger partial charge < -0.3 is 30.0 Å². The number of rotatable bonds is 10. The van der Waals surface area contributed by atoms with Gasteiger partial charge in [-0.2, -0.15) is 5.10 Å². The summed E-state index contributed by atoms with van der Waals surface area (Å²) in [6.45, 7) is 2.25. The molecule has 0 radical (unpaired) electrons.